The Labute approximate surface area is 96.6 Å². The number of halogens is 4. The van der Waals surface area contributed by atoms with Gasteiger partial charge in [-0.2, -0.15) is 0 Å². The summed E-state index contributed by atoms with van der Waals surface area (Å²) < 4.78 is 26.5. The van der Waals surface area contributed by atoms with Gasteiger partial charge >= 0.3 is 0 Å². The lowest BCUT2D eigenvalue weighted by atomic mass is 10.2. The van der Waals surface area contributed by atoms with Crippen LogP contribution in [0.3, 0.4) is 0 Å². The van der Waals surface area contributed by atoms with Crippen molar-refractivity contribution < 1.29 is 8.78 Å². The van der Waals surface area contributed by atoms with Crippen LogP contribution >= 0.6 is 38.9 Å². The molecule has 0 amide bonds. The molecule has 0 saturated heterocycles. The molecule has 0 atom stereocenters. The summed E-state index contributed by atoms with van der Waals surface area (Å²) >= 11 is 10.5. The van der Waals surface area contributed by atoms with Crippen LogP contribution in [0, 0.1) is 0 Å². The third kappa shape index (κ3) is 1.55. The molecule has 0 fully saturated rings. The fraction of sp³-hybridized carbons (Fsp3) is 0.111. The van der Waals surface area contributed by atoms with Crippen LogP contribution < -0.4 is 0 Å². The van der Waals surface area contributed by atoms with Gasteiger partial charge in [0.05, 0.1) is 9.50 Å². The number of hydrogen-bond donors (Lipinski definition) is 0. The molecular formula is C9H4BrClF2S. The SMILES string of the molecule is FC(F)c1cc2ccsc2c(Br)c1Cl. The zero-order chi connectivity index (χ0) is 10.3. The molecule has 1 aromatic heterocycles. The van der Waals surface area contributed by atoms with E-state index in [2.05, 4.69) is 15.9 Å². The average Bonchev–Trinajstić information content (AvgIpc) is 2.58. The van der Waals surface area contributed by atoms with Gasteiger partial charge in [0.15, 0.2) is 0 Å². The summed E-state index contributed by atoms with van der Waals surface area (Å²) in [7, 11) is 0. The first-order chi connectivity index (χ1) is 6.61. The zero-order valence-electron chi connectivity index (χ0n) is 6.73. The maximum Gasteiger partial charge on any atom is 0.265 e. The van der Waals surface area contributed by atoms with Crippen molar-refractivity contribution in [3.05, 3.63) is 32.6 Å². The van der Waals surface area contributed by atoms with E-state index < -0.39 is 6.43 Å². The van der Waals surface area contributed by atoms with Crippen molar-refractivity contribution in [2.45, 2.75) is 6.43 Å². The predicted molar refractivity (Wildman–Crippen MR) is 59.5 cm³/mol. The number of thiophene rings is 1. The van der Waals surface area contributed by atoms with Gasteiger partial charge in [-0.15, -0.1) is 11.3 Å². The summed E-state index contributed by atoms with van der Waals surface area (Å²) in [6, 6.07) is 3.23. The summed E-state index contributed by atoms with van der Waals surface area (Å²) in [5.41, 5.74) is -0.121. The van der Waals surface area contributed by atoms with E-state index >= 15 is 0 Å². The Morgan fingerprint density at radius 2 is 2.14 bits per heavy atom. The van der Waals surface area contributed by atoms with E-state index in [9.17, 15) is 8.78 Å². The van der Waals surface area contributed by atoms with Crippen LogP contribution in [0.2, 0.25) is 5.02 Å². The summed E-state index contributed by atoms with van der Waals surface area (Å²) in [6.45, 7) is 0. The first kappa shape index (κ1) is 10.3. The highest BCUT2D eigenvalue weighted by Gasteiger charge is 2.17. The number of fused-ring (bicyclic) bond motifs is 1. The van der Waals surface area contributed by atoms with Crippen molar-refractivity contribution >= 4 is 49.0 Å². The minimum absolute atomic E-state index is 0.106. The molecule has 0 aliphatic heterocycles. The van der Waals surface area contributed by atoms with E-state index in [1.807, 2.05) is 5.38 Å². The van der Waals surface area contributed by atoms with Crippen molar-refractivity contribution in [2.75, 3.05) is 0 Å². The second-order valence-electron chi connectivity index (χ2n) is 2.73. The molecule has 1 aromatic carbocycles. The highest BCUT2D eigenvalue weighted by molar-refractivity contribution is 9.10. The average molecular weight is 298 g/mol. The zero-order valence-corrected chi connectivity index (χ0v) is 9.89. The van der Waals surface area contributed by atoms with Gasteiger partial charge in [0.25, 0.3) is 6.43 Å². The second kappa shape index (κ2) is 3.76. The highest BCUT2D eigenvalue weighted by atomic mass is 79.9. The van der Waals surface area contributed by atoms with Gasteiger partial charge in [-0.1, -0.05) is 11.6 Å². The van der Waals surface area contributed by atoms with Crippen LogP contribution in [0.5, 0.6) is 0 Å². The summed E-state index contributed by atoms with van der Waals surface area (Å²) in [5, 5.41) is 2.75. The lowest BCUT2D eigenvalue weighted by Crippen LogP contribution is -1.86. The van der Waals surface area contributed by atoms with Crippen LogP contribution in [-0.4, -0.2) is 0 Å². The Morgan fingerprint density at radius 1 is 1.43 bits per heavy atom. The van der Waals surface area contributed by atoms with Crippen molar-refractivity contribution in [1.82, 2.24) is 0 Å². The minimum atomic E-state index is -2.54. The maximum absolute atomic E-state index is 12.5. The van der Waals surface area contributed by atoms with E-state index in [4.69, 9.17) is 11.6 Å². The minimum Gasteiger partial charge on any atom is -0.205 e. The van der Waals surface area contributed by atoms with Crippen LogP contribution in [0.25, 0.3) is 10.1 Å². The molecular weight excluding hydrogens is 294 g/mol. The van der Waals surface area contributed by atoms with Crippen LogP contribution in [0.15, 0.2) is 22.0 Å². The van der Waals surface area contributed by atoms with Crippen LogP contribution in [-0.2, 0) is 0 Å². The Balaban J connectivity index is 2.80. The molecule has 14 heavy (non-hydrogen) atoms. The first-order valence-corrected chi connectivity index (χ1v) is 5.79. The predicted octanol–water partition coefficient (Wildman–Crippen LogP) is 5.25. The van der Waals surface area contributed by atoms with Crippen molar-refractivity contribution in [2.24, 2.45) is 0 Å². The quantitative estimate of drug-likeness (QED) is 0.674. The number of benzene rings is 1. The number of hydrogen-bond acceptors (Lipinski definition) is 1. The first-order valence-electron chi connectivity index (χ1n) is 3.74. The lowest BCUT2D eigenvalue weighted by Gasteiger charge is -2.05. The van der Waals surface area contributed by atoms with E-state index in [1.54, 1.807) is 6.07 Å². The molecule has 74 valence electrons. The number of rotatable bonds is 1. The van der Waals surface area contributed by atoms with Crippen LogP contribution in [0.1, 0.15) is 12.0 Å². The van der Waals surface area contributed by atoms with Gasteiger partial charge in [0.2, 0.25) is 0 Å². The van der Waals surface area contributed by atoms with E-state index in [1.165, 1.54) is 17.4 Å². The van der Waals surface area contributed by atoms with Gasteiger partial charge in [-0.3, -0.25) is 0 Å². The lowest BCUT2D eigenvalue weighted by molar-refractivity contribution is 0.151. The fourth-order valence-corrected chi connectivity index (χ4v) is 3.07. The van der Waals surface area contributed by atoms with Gasteiger partial charge in [-0.25, -0.2) is 8.78 Å². The largest absolute Gasteiger partial charge is 0.265 e. The highest BCUT2D eigenvalue weighted by Crippen LogP contribution is 2.40. The molecule has 1 heterocycles. The molecule has 0 spiro atoms. The van der Waals surface area contributed by atoms with Crippen molar-refractivity contribution in [3.63, 3.8) is 0 Å². The Hall–Kier alpha value is -0.190. The second-order valence-corrected chi connectivity index (χ2v) is 4.82. The molecule has 2 aromatic rings. The van der Waals surface area contributed by atoms with E-state index in [-0.39, 0.29) is 10.6 Å². The van der Waals surface area contributed by atoms with Gasteiger partial charge in [0, 0.05) is 10.3 Å². The monoisotopic (exact) mass is 296 g/mol. The standard InChI is InChI=1S/C9H4BrClF2S/c10-6-7(11)5(9(12)13)3-4-1-2-14-8(4)6/h1-3,9H. The third-order valence-corrected chi connectivity index (χ3v) is 4.53. The van der Waals surface area contributed by atoms with E-state index in [0.29, 0.717) is 4.47 Å². The van der Waals surface area contributed by atoms with Gasteiger partial charge < -0.3 is 0 Å². The molecule has 2 rings (SSSR count). The summed E-state index contributed by atoms with van der Waals surface area (Å²) in [6.07, 6.45) is -2.54. The van der Waals surface area contributed by atoms with Gasteiger partial charge in [0.1, 0.15) is 0 Å². The molecule has 0 radical (unpaired) electrons. The molecule has 0 bridgehead atoms. The Morgan fingerprint density at radius 3 is 2.79 bits per heavy atom. The molecule has 5 heteroatoms. The molecule has 0 unspecified atom stereocenters. The molecule has 0 saturated carbocycles. The molecule has 0 N–H and O–H groups in total. The summed E-state index contributed by atoms with van der Waals surface area (Å²) in [4.78, 5) is 0. The maximum atomic E-state index is 12.5. The fourth-order valence-electron chi connectivity index (χ4n) is 1.23. The Kier molecular flexibility index (Phi) is 2.77. The van der Waals surface area contributed by atoms with Gasteiger partial charge in [-0.05, 0) is 38.8 Å². The molecule has 0 aliphatic carbocycles. The third-order valence-electron chi connectivity index (χ3n) is 1.89. The normalized spacial score (nSPS) is 11.5. The molecule has 0 aliphatic rings. The van der Waals surface area contributed by atoms with E-state index in [0.717, 1.165) is 10.1 Å². The van der Waals surface area contributed by atoms with Crippen LogP contribution in [0.4, 0.5) is 8.78 Å². The van der Waals surface area contributed by atoms with Crippen molar-refractivity contribution in [3.8, 4) is 0 Å². The molecule has 0 nitrogen and oxygen atoms in total. The Bertz CT molecular complexity index is 481. The summed E-state index contributed by atoms with van der Waals surface area (Å²) in [5.74, 6) is 0. The topological polar surface area (TPSA) is 0 Å². The number of alkyl halides is 2. The van der Waals surface area contributed by atoms with Crippen molar-refractivity contribution in [1.29, 1.82) is 0 Å². The smallest absolute Gasteiger partial charge is 0.205 e.